The van der Waals surface area contributed by atoms with Crippen LogP contribution >= 0.6 is 11.6 Å². The van der Waals surface area contributed by atoms with Crippen LogP contribution in [0.25, 0.3) is 0 Å². The number of nitriles is 1. The number of hydrogen-bond acceptors (Lipinski definition) is 3. The first-order valence-electron chi connectivity index (χ1n) is 7.79. The van der Waals surface area contributed by atoms with E-state index in [0.717, 1.165) is 5.56 Å². The first-order chi connectivity index (χ1) is 12.0. The van der Waals surface area contributed by atoms with Gasteiger partial charge in [-0.25, -0.2) is 0 Å². The van der Waals surface area contributed by atoms with Crippen molar-refractivity contribution < 1.29 is 9.59 Å². The van der Waals surface area contributed by atoms with Gasteiger partial charge in [0.25, 0.3) is 0 Å². The number of amides is 2. The molecule has 5 nitrogen and oxygen atoms in total. The summed E-state index contributed by atoms with van der Waals surface area (Å²) in [5.41, 5.74) is 1.99. The normalized spacial score (nSPS) is 9.96. The van der Waals surface area contributed by atoms with Crippen LogP contribution in [0.4, 0.5) is 5.69 Å². The van der Waals surface area contributed by atoms with Crippen LogP contribution in [0.2, 0.25) is 5.02 Å². The fourth-order valence-corrected chi connectivity index (χ4v) is 2.58. The Balaban J connectivity index is 1.94. The average molecular weight is 356 g/mol. The van der Waals surface area contributed by atoms with E-state index < -0.39 is 0 Å². The Bertz CT molecular complexity index is 814. The minimum absolute atomic E-state index is 0.0975. The van der Waals surface area contributed by atoms with Gasteiger partial charge in [-0.3, -0.25) is 9.59 Å². The fourth-order valence-electron chi connectivity index (χ4n) is 2.37. The highest BCUT2D eigenvalue weighted by molar-refractivity contribution is 6.30. The smallest absolute Gasteiger partial charge is 0.240 e. The van der Waals surface area contributed by atoms with Crippen molar-refractivity contribution in [3.05, 3.63) is 64.7 Å². The van der Waals surface area contributed by atoms with Gasteiger partial charge in [0.05, 0.1) is 11.6 Å². The molecule has 2 aromatic rings. The van der Waals surface area contributed by atoms with E-state index in [4.69, 9.17) is 16.9 Å². The predicted molar refractivity (Wildman–Crippen MR) is 97.3 cm³/mol. The number of rotatable bonds is 6. The molecule has 0 spiro atoms. The van der Waals surface area contributed by atoms with Gasteiger partial charge >= 0.3 is 0 Å². The summed E-state index contributed by atoms with van der Waals surface area (Å²) in [4.78, 5) is 25.4. The summed E-state index contributed by atoms with van der Waals surface area (Å²) in [5, 5.41) is 12.4. The van der Waals surface area contributed by atoms with Crippen LogP contribution in [0.5, 0.6) is 0 Å². The molecule has 0 aliphatic carbocycles. The molecular weight excluding hydrogens is 338 g/mol. The zero-order chi connectivity index (χ0) is 18.2. The Morgan fingerprint density at radius 2 is 1.96 bits per heavy atom. The van der Waals surface area contributed by atoms with Gasteiger partial charge in [0, 0.05) is 24.2 Å². The third kappa shape index (κ3) is 5.63. The number of hydrogen-bond donors (Lipinski definition) is 1. The van der Waals surface area contributed by atoms with E-state index in [1.165, 1.54) is 11.8 Å². The molecule has 2 rings (SSSR count). The quantitative estimate of drug-likeness (QED) is 0.865. The lowest BCUT2D eigenvalue weighted by Crippen LogP contribution is -2.40. The van der Waals surface area contributed by atoms with Crippen LogP contribution in [-0.2, 0) is 16.0 Å². The van der Waals surface area contributed by atoms with Crippen molar-refractivity contribution in [3.63, 3.8) is 0 Å². The summed E-state index contributed by atoms with van der Waals surface area (Å²) in [6.45, 7) is 1.74. The molecule has 0 saturated heterocycles. The van der Waals surface area contributed by atoms with E-state index in [2.05, 4.69) is 5.32 Å². The first-order valence-corrected chi connectivity index (χ1v) is 8.17. The number of anilines is 1. The van der Waals surface area contributed by atoms with E-state index in [-0.39, 0.29) is 18.4 Å². The Morgan fingerprint density at radius 1 is 1.20 bits per heavy atom. The number of halogens is 1. The van der Waals surface area contributed by atoms with Crippen molar-refractivity contribution in [1.82, 2.24) is 5.32 Å². The summed E-state index contributed by atoms with van der Waals surface area (Å²) in [7, 11) is 0. The largest absolute Gasteiger partial charge is 0.354 e. The third-order valence-electron chi connectivity index (χ3n) is 3.59. The summed E-state index contributed by atoms with van der Waals surface area (Å²) in [5.74, 6) is -0.528. The van der Waals surface area contributed by atoms with E-state index >= 15 is 0 Å². The van der Waals surface area contributed by atoms with Crippen molar-refractivity contribution in [2.45, 2.75) is 13.3 Å². The van der Waals surface area contributed by atoms with Crippen molar-refractivity contribution in [2.24, 2.45) is 0 Å². The molecule has 128 valence electrons. The Morgan fingerprint density at radius 3 is 2.64 bits per heavy atom. The molecule has 6 heteroatoms. The molecule has 0 saturated carbocycles. The van der Waals surface area contributed by atoms with E-state index in [0.29, 0.717) is 29.2 Å². The Kier molecular flexibility index (Phi) is 6.55. The highest BCUT2D eigenvalue weighted by Gasteiger charge is 2.16. The van der Waals surface area contributed by atoms with Gasteiger partial charge in [0.15, 0.2) is 0 Å². The second-order valence-corrected chi connectivity index (χ2v) is 5.93. The first kappa shape index (κ1) is 18.5. The zero-order valence-electron chi connectivity index (χ0n) is 13.8. The number of benzene rings is 2. The molecular formula is C19H18ClN3O2. The molecule has 0 aliphatic heterocycles. The molecule has 0 unspecified atom stereocenters. The lowest BCUT2D eigenvalue weighted by atomic mass is 10.1. The monoisotopic (exact) mass is 355 g/mol. The van der Waals surface area contributed by atoms with Gasteiger partial charge in [0.2, 0.25) is 11.8 Å². The van der Waals surface area contributed by atoms with Gasteiger partial charge in [-0.1, -0.05) is 29.8 Å². The topological polar surface area (TPSA) is 73.2 Å². The Labute approximate surface area is 151 Å². The van der Waals surface area contributed by atoms with Gasteiger partial charge in [-0.15, -0.1) is 0 Å². The van der Waals surface area contributed by atoms with Crippen LogP contribution in [0.3, 0.4) is 0 Å². The molecule has 25 heavy (non-hydrogen) atoms. The van der Waals surface area contributed by atoms with E-state index in [9.17, 15) is 9.59 Å². The summed E-state index contributed by atoms with van der Waals surface area (Å²) >= 11 is 5.93. The van der Waals surface area contributed by atoms with Crippen molar-refractivity contribution in [3.8, 4) is 6.07 Å². The maximum absolute atomic E-state index is 12.1. The minimum atomic E-state index is -0.264. The van der Waals surface area contributed by atoms with Crippen molar-refractivity contribution >= 4 is 29.1 Å². The molecule has 0 aliphatic rings. The molecule has 0 fully saturated rings. The van der Waals surface area contributed by atoms with Gasteiger partial charge in [-0.2, -0.15) is 5.26 Å². The summed E-state index contributed by atoms with van der Waals surface area (Å²) in [6, 6.07) is 16.1. The Hall–Kier alpha value is -2.84. The number of nitrogens with zero attached hydrogens (tertiary/aromatic N) is 2. The van der Waals surface area contributed by atoms with E-state index in [1.807, 2.05) is 24.3 Å². The zero-order valence-corrected chi connectivity index (χ0v) is 14.6. The van der Waals surface area contributed by atoms with E-state index in [1.54, 1.807) is 30.3 Å². The number of carbonyl (C=O) groups is 2. The second-order valence-electron chi connectivity index (χ2n) is 5.50. The standard InChI is InChI=1S/C19H18ClN3O2/c1-14(24)23(18-7-3-5-16(11-18)12-21)13-19(25)22-9-8-15-4-2-6-17(20)10-15/h2-7,10-11H,8-9,13H2,1H3,(H,22,25). The fraction of sp³-hybridized carbons (Fsp3) is 0.211. The highest BCUT2D eigenvalue weighted by atomic mass is 35.5. The van der Waals surface area contributed by atoms with Crippen LogP contribution in [0.15, 0.2) is 48.5 Å². The molecule has 0 bridgehead atoms. The van der Waals surface area contributed by atoms with Gasteiger partial charge in [-0.05, 0) is 42.3 Å². The maximum atomic E-state index is 12.1. The molecule has 0 radical (unpaired) electrons. The minimum Gasteiger partial charge on any atom is -0.354 e. The molecule has 2 aromatic carbocycles. The molecule has 0 aromatic heterocycles. The second kappa shape index (κ2) is 8.86. The predicted octanol–water partition coefficient (Wildman–Crippen LogP) is 2.92. The van der Waals surface area contributed by atoms with Crippen LogP contribution in [-0.4, -0.2) is 24.9 Å². The number of carbonyl (C=O) groups excluding carboxylic acids is 2. The third-order valence-corrected chi connectivity index (χ3v) is 3.83. The lowest BCUT2D eigenvalue weighted by Gasteiger charge is -2.20. The van der Waals surface area contributed by atoms with Crippen molar-refractivity contribution in [1.29, 1.82) is 5.26 Å². The highest BCUT2D eigenvalue weighted by Crippen LogP contribution is 2.16. The van der Waals surface area contributed by atoms with Gasteiger partial charge in [0.1, 0.15) is 6.54 Å². The van der Waals surface area contributed by atoms with Crippen molar-refractivity contribution in [2.75, 3.05) is 18.0 Å². The summed E-state index contributed by atoms with van der Waals surface area (Å²) in [6.07, 6.45) is 0.649. The van der Waals surface area contributed by atoms with Gasteiger partial charge < -0.3 is 10.2 Å². The van der Waals surface area contributed by atoms with Crippen LogP contribution < -0.4 is 10.2 Å². The maximum Gasteiger partial charge on any atom is 0.240 e. The number of nitrogens with one attached hydrogen (secondary N) is 1. The molecule has 1 N–H and O–H groups in total. The van der Waals surface area contributed by atoms with Crippen LogP contribution in [0, 0.1) is 11.3 Å². The molecule has 0 atom stereocenters. The summed E-state index contributed by atoms with van der Waals surface area (Å²) < 4.78 is 0. The van der Waals surface area contributed by atoms with Crippen LogP contribution in [0.1, 0.15) is 18.1 Å². The SMILES string of the molecule is CC(=O)N(CC(=O)NCCc1cccc(Cl)c1)c1cccc(C#N)c1. The molecule has 2 amide bonds. The molecule has 0 heterocycles. The average Bonchev–Trinajstić information content (AvgIpc) is 2.59. The lowest BCUT2D eigenvalue weighted by molar-refractivity contribution is -0.123.